The quantitative estimate of drug-likeness (QED) is 0.469. The molecule has 0 bridgehead atoms. The van der Waals surface area contributed by atoms with E-state index in [0.29, 0.717) is 35.1 Å². The number of hydrogen-bond donors (Lipinski definition) is 0. The number of nitrogens with zero attached hydrogens (tertiary/aromatic N) is 4. The zero-order valence-electron chi connectivity index (χ0n) is 15.1. The van der Waals surface area contributed by atoms with E-state index in [9.17, 15) is 4.39 Å². The first kappa shape index (κ1) is 17.9. The van der Waals surface area contributed by atoms with Gasteiger partial charge in [-0.3, -0.25) is 0 Å². The minimum absolute atomic E-state index is 0.0930. The van der Waals surface area contributed by atoms with Crippen molar-refractivity contribution in [1.82, 2.24) is 20.0 Å². The van der Waals surface area contributed by atoms with Crippen molar-refractivity contribution >= 4 is 0 Å². The summed E-state index contributed by atoms with van der Waals surface area (Å²) >= 11 is 0. The zero-order chi connectivity index (χ0) is 19.3. The Morgan fingerprint density at radius 2 is 1.86 bits per heavy atom. The fourth-order valence-electron chi connectivity index (χ4n) is 2.63. The van der Waals surface area contributed by atoms with Gasteiger partial charge in [0.1, 0.15) is 29.7 Å². The largest absolute Gasteiger partial charge is 0.411 e. The normalized spacial score (nSPS) is 10.9. The van der Waals surface area contributed by atoms with Gasteiger partial charge in [-0.05, 0) is 43.3 Å². The Morgan fingerprint density at radius 3 is 2.61 bits per heavy atom. The first-order valence-corrected chi connectivity index (χ1v) is 8.71. The Labute approximate surface area is 160 Å². The molecule has 2 aromatic heterocycles. The highest BCUT2D eigenvalue weighted by atomic mass is 19.1. The second-order valence-corrected chi connectivity index (χ2v) is 5.82. The average molecular weight is 380 g/mol. The van der Waals surface area contributed by atoms with Gasteiger partial charge in [-0.2, -0.15) is 4.98 Å². The average Bonchev–Trinajstić information content (AvgIpc) is 3.34. The maximum atomic E-state index is 13.3. The minimum Gasteiger partial charge on any atom is -0.411 e. The molecule has 0 aliphatic heterocycles. The summed E-state index contributed by atoms with van der Waals surface area (Å²) in [7, 11) is 0. The predicted octanol–water partition coefficient (Wildman–Crippen LogP) is 4.53. The number of rotatable bonds is 7. The number of para-hydroxylation sites is 1. The van der Waals surface area contributed by atoms with Gasteiger partial charge in [0.05, 0.1) is 6.20 Å². The molecular formula is C20H17FN4O3. The third-order valence-corrected chi connectivity index (χ3v) is 3.94. The van der Waals surface area contributed by atoms with Gasteiger partial charge in [0, 0.05) is 12.2 Å². The highest BCUT2D eigenvalue weighted by Gasteiger charge is 2.21. The molecule has 0 spiro atoms. The van der Waals surface area contributed by atoms with Gasteiger partial charge in [0.15, 0.2) is 5.76 Å². The van der Waals surface area contributed by atoms with Crippen LogP contribution in [0.5, 0.6) is 11.8 Å². The number of ether oxygens (including phenoxy) is 2. The monoisotopic (exact) mass is 380 g/mol. The van der Waals surface area contributed by atoms with Gasteiger partial charge in [-0.25, -0.2) is 9.07 Å². The van der Waals surface area contributed by atoms with Gasteiger partial charge in [0.25, 0.3) is 0 Å². The van der Waals surface area contributed by atoms with Crippen LogP contribution in [-0.2, 0) is 11.5 Å². The highest BCUT2D eigenvalue weighted by molar-refractivity contribution is 5.75. The summed E-state index contributed by atoms with van der Waals surface area (Å²) in [6.07, 6.45) is 1.63. The lowest BCUT2D eigenvalue weighted by atomic mass is 10.1. The summed E-state index contributed by atoms with van der Waals surface area (Å²) in [6.45, 7) is 2.59. The SMILES string of the molecule is CCOCn1nnc(-c2ccc(F)cc2)c1-c1cnc(Oc2ccccc2)o1. The maximum absolute atomic E-state index is 13.3. The molecule has 0 saturated carbocycles. The van der Waals surface area contributed by atoms with Crippen molar-refractivity contribution in [2.24, 2.45) is 0 Å². The molecular weight excluding hydrogens is 363 g/mol. The van der Waals surface area contributed by atoms with Gasteiger partial charge in [-0.1, -0.05) is 23.4 Å². The van der Waals surface area contributed by atoms with Crippen LogP contribution in [0.4, 0.5) is 4.39 Å². The van der Waals surface area contributed by atoms with Crippen molar-refractivity contribution in [3.8, 4) is 34.5 Å². The second-order valence-electron chi connectivity index (χ2n) is 5.82. The van der Waals surface area contributed by atoms with E-state index in [1.165, 1.54) is 18.3 Å². The van der Waals surface area contributed by atoms with Gasteiger partial charge in [-0.15, -0.1) is 5.10 Å². The Bertz CT molecular complexity index is 1050. The van der Waals surface area contributed by atoms with Crippen LogP contribution < -0.4 is 4.74 Å². The summed E-state index contributed by atoms with van der Waals surface area (Å²) in [4.78, 5) is 4.18. The number of aromatic nitrogens is 4. The summed E-state index contributed by atoms with van der Waals surface area (Å²) in [6, 6.07) is 15.2. The molecule has 2 aromatic carbocycles. The van der Waals surface area contributed by atoms with Gasteiger partial charge < -0.3 is 13.9 Å². The van der Waals surface area contributed by atoms with Crippen LogP contribution >= 0.6 is 0 Å². The van der Waals surface area contributed by atoms with Crippen molar-refractivity contribution in [3.05, 3.63) is 66.6 Å². The Balaban J connectivity index is 1.71. The second kappa shape index (κ2) is 8.01. The van der Waals surface area contributed by atoms with Crippen molar-refractivity contribution in [1.29, 1.82) is 0 Å². The van der Waals surface area contributed by atoms with Crippen molar-refractivity contribution < 1.29 is 18.3 Å². The lowest BCUT2D eigenvalue weighted by Crippen LogP contribution is -2.06. The standard InChI is InChI=1S/C20H17FN4O3/c1-2-26-13-25-19(18(23-24-25)14-8-10-15(21)11-9-14)17-12-22-20(28-17)27-16-6-4-3-5-7-16/h3-12H,2,13H2,1H3. The molecule has 4 rings (SSSR count). The minimum atomic E-state index is -0.328. The van der Waals surface area contributed by atoms with Crippen molar-refractivity contribution in [2.75, 3.05) is 6.61 Å². The molecule has 0 aliphatic carbocycles. The number of hydrogen-bond acceptors (Lipinski definition) is 6. The summed E-state index contributed by atoms with van der Waals surface area (Å²) in [5.41, 5.74) is 1.79. The first-order chi connectivity index (χ1) is 13.7. The summed E-state index contributed by atoms with van der Waals surface area (Å²) in [5.74, 6) is 0.691. The van der Waals surface area contributed by atoms with Crippen molar-refractivity contribution in [2.45, 2.75) is 13.7 Å². The molecule has 2 heterocycles. The van der Waals surface area contributed by atoms with Crippen LogP contribution in [-0.4, -0.2) is 26.6 Å². The lowest BCUT2D eigenvalue weighted by Gasteiger charge is -2.06. The molecule has 142 valence electrons. The third-order valence-electron chi connectivity index (χ3n) is 3.94. The number of halogens is 1. The van der Waals surface area contributed by atoms with Crippen LogP contribution in [0.1, 0.15) is 6.92 Å². The van der Waals surface area contributed by atoms with Crippen LogP contribution in [0, 0.1) is 5.82 Å². The molecule has 28 heavy (non-hydrogen) atoms. The van der Waals surface area contributed by atoms with Crippen LogP contribution in [0.2, 0.25) is 0 Å². The molecule has 7 nitrogen and oxygen atoms in total. The maximum Gasteiger partial charge on any atom is 0.399 e. The van der Waals surface area contributed by atoms with Crippen molar-refractivity contribution in [3.63, 3.8) is 0 Å². The Morgan fingerprint density at radius 1 is 1.07 bits per heavy atom. The van der Waals surface area contributed by atoms with E-state index in [1.54, 1.807) is 28.9 Å². The molecule has 0 aliphatic rings. The van der Waals surface area contributed by atoms with E-state index in [1.807, 2.05) is 25.1 Å². The zero-order valence-corrected chi connectivity index (χ0v) is 15.1. The van der Waals surface area contributed by atoms with E-state index >= 15 is 0 Å². The number of oxazole rings is 1. The molecule has 0 atom stereocenters. The molecule has 8 heteroatoms. The third kappa shape index (κ3) is 3.77. The molecule has 0 unspecified atom stereocenters. The van der Waals surface area contributed by atoms with Crippen LogP contribution in [0.15, 0.2) is 65.2 Å². The smallest absolute Gasteiger partial charge is 0.399 e. The molecule has 4 aromatic rings. The van der Waals surface area contributed by atoms with Crippen LogP contribution in [0.3, 0.4) is 0 Å². The van der Waals surface area contributed by atoms with E-state index in [2.05, 4.69) is 15.3 Å². The Hall–Kier alpha value is -3.52. The molecule has 0 N–H and O–H groups in total. The molecule has 0 saturated heterocycles. The number of benzene rings is 2. The van der Waals surface area contributed by atoms with Gasteiger partial charge in [0.2, 0.25) is 0 Å². The summed E-state index contributed by atoms with van der Waals surface area (Å²) < 4.78 is 31.7. The first-order valence-electron chi connectivity index (χ1n) is 8.71. The predicted molar refractivity (Wildman–Crippen MR) is 99.1 cm³/mol. The van der Waals surface area contributed by atoms with E-state index in [-0.39, 0.29) is 18.6 Å². The lowest BCUT2D eigenvalue weighted by molar-refractivity contribution is 0.0787. The highest BCUT2D eigenvalue weighted by Crippen LogP contribution is 2.33. The van der Waals surface area contributed by atoms with E-state index < -0.39 is 0 Å². The molecule has 0 amide bonds. The summed E-state index contributed by atoms with van der Waals surface area (Å²) in [5, 5.41) is 8.36. The fraction of sp³-hybridized carbons (Fsp3) is 0.150. The van der Waals surface area contributed by atoms with Crippen LogP contribution in [0.25, 0.3) is 22.7 Å². The Kier molecular flexibility index (Phi) is 5.11. The van der Waals surface area contributed by atoms with E-state index in [4.69, 9.17) is 13.9 Å². The fourth-order valence-corrected chi connectivity index (χ4v) is 2.63. The van der Waals surface area contributed by atoms with Gasteiger partial charge >= 0.3 is 6.08 Å². The molecule has 0 radical (unpaired) electrons. The topological polar surface area (TPSA) is 75.2 Å². The van der Waals surface area contributed by atoms with E-state index in [0.717, 1.165) is 0 Å². The molecule has 0 fully saturated rings.